The quantitative estimate of drug-likeness (QED) is 0.637. The summed E-state index contributed by atoms with van der Waals surface area (Å²) in [7, 11) is 0. The molecule has 0 aromatic heterocycles. The third-order valence-electron chi connectivity index (χ3n) is 3.12. The van der Waals surface area contributed by atoms with Gasteiger partial charge in [-0.3, -0.25) is 0 Å². The maximum atomic E-state index is 3.79. The summed E-state index contributed by atoms with van der Waals surface area (Å²) in [6, 6.07) is 1.68. The molecule has 1 rings (SSSR count). The lowest BCUT2D eigenvalue weighted by molar-refractivity contribution is 0.284. The van der Waals surface area contributed by atoms with E-state index in [0.717, 1.165) is 12.1 Å². The highest BCUT2D eigenvalue weighted by molar-refractivity contribution is 4.80. The van der Waals surface area contributed by atoms with E-state index in [-0.39, 0.29) is 0 Å². The Labute approximate surface area is 83.3 Å². The van der Waals surface area contributed by atoms with E-state index in [1.165, 1.54) is 51.4 Å². The van der Waals surface area contributed by atoms with Gasteiger partial charge >= 0.3 is 0 Å². The van der Waals surface area contributed by atoms with Crippen molar-refractivity contribution in [2.75, 3.05) is 0 Å². The van der Waals surface area contributed by atoms with Crippen LogP contribution in [0, 0.1) is 0 Å². The predicted molar refractivity (Wildman–Crippen MR) is 59.0 cm³/mol. The molecule has 0 aromatic rings. The SMILES string of the molecule is CCCCC(CCC)NC1CCC1. The molecular formula is C12H25N. The average molecular weight is 183 g/mol. The van der Waals surface area contributed by atoms with E-state index in [1.807, 2.05) is 0 Å². The van der Waals surface area contributed by atoms with E-state index < -0.39 is 0 Å². The van der Waals surface area contributed by atoms with Gasteiger partial charge < -0.3 is 5.32 Å². The van der Waals surface area contributed by atoms with Gasteiger partial charge in [-0.2, -0.15) is 0 Å². The van der Waals surface area contributed by atoms with E-state index in [2.05, 4.69) is 19.2 Å². The molecule has 1 aliphatic rings. The first-order valence-corrected chi connectivity index (χ1v) is 6.12. The molecule has 0 radical (unpaired) electrons. The lowest BCUT2D eigenvalue weighted by Gasteiger charge is -2.31. The summed E-state index contributed by atoms with van der Waals surface area (Å²) in [4.78, 5) is 0. The van der Waals surface area contributed by atoms with E-state index >= 15 is 0 Å². The summed E-state index contributed by atoms with van der Waals surface area (Å²) < 4.78 is 0. The summed E-state index contributed by atoms with van der Waals surface area (Å²) in [5.41, 5.74) is 0. The molecule has 1 aliphatic carbocycles. The standard InChI is InChI=1S/C12H25N/c1-3-5-8-11(7-4-2)13-12-9-6-10-12/h11-13H,3-10H2,1-2H3. The molecule has 1 fully saturated rings. The van der Waals surface area contributed by atoms with E-state index in [0.29, 0.717) is 0 Å². The molecule has 0 aliphatic heterocycles. The summed E-state index contributed by atoms with van der Waals surface area (Å²) in [5.74, 6) is 0. The number of hydrogen-bond donors (Lipinski definition) is 1. The van der Waals surface area contributed by atoms with E-state index in [4.69, 9.17) is 0 Å². The second-order valence-electron chi connectivity index (χ2n) is 4.42. The van der Waals surface area contributed by atoms with E-state index in [1.54, 1.807) is 0 Å². The lowest BCUT2D eigenvalue weighted by atomic mass is 9.91. The van der Waals surface area contributed by atoms with Crippen molar-refractivity contribution in [2.45, 2.75) is 77.3 Å². The number of hydrogen-bond acceptors (Lipinski definition) is 1. The van der Waals surface area contributed by atoms with Crippen molar-refractivity contribution in [2.24, 2.45) is 0 Å². The average Bonchev–Trinajstić information content (AvgIpc) is 2.07. The summed E-state index contributed by atoms with van der Waals surface area (Å²) in [5, 5.41) is 3.79. The largest absolute Gasteiger partial charge is 0.311 e. The molecule has 0 bridgehead atoms. The second-order valence-corrected chi connectivity index (χ2v) is 4.42. The van der Waals surface area contributed by atoms with Crippen LogP contribution in [0.5, 0.6) is 0 Å². The minimum absolute atomic E-state index is 0.815. The minimum Gasteiger partial charge on any atom is -0.311 e. The van der Waals surface area contributed by atoms with Crippen molar-refractivity contribution in [3.05, 3.63) is 0 Å². The summed E-state index contributed by atoms with van der Waals surface area (Å²) >= 11 is 0. The van der Waals surface area contributed by atoms with Gasteiger partial charge in [0.1, 0.15) is 0 Å². The van der Waals surface area contributed by atoms with Crippen LogP contribution in [0.1, 0.15) is 65.2 Å². The predicted octanol–water partition coefficient (Wildman–Crippen LogP) is 3.49. The Balaban J connectivity index is 2.11. The normalized spacial score (nSPS) is 19.8. The fourth-order valence-corrected chi connectivity index (χ4v) is 2.02. The zero-order valence-corrected chi connectivity index (χ0v) is 9.31. The third-order valence-corrected chi connectivity index (χ3v) is 3.12. The lowest BCUT2D eigenvalue weighted by Crippen LogP contribution is -2.42. The zero-order chi connectivity index (χ0) is 9.52. The highest BCUT2D eigenvalue weighted by Crippen LogP contribution is 2.20. The molecule has 13 heavy (non-hydrogen) atoms. The van der Waals surface area contributed by atoms with Crippen LogP contribution in [0.25, 0.3) is 0 Å². The first-order chi connectivity index (χ1) is 6.36. The molecule has 0 saturated heterocycles. The Morgan fingerprint density at radius 1 is 1.15 bits per heavy atom. The van der Waals surface area contributed by atoms with Gasteiger partial charge in [0.15, 0.2) is 0 Å². The van der Waals surface area contributed by atoms with Crippen LogP contribution in [0.3, 0.4) is 0 Å². The molecule has 1 N–H and O–H groups in total. The van der Waals surface area contributed by atoms with Gasteiger partial charge in [0.2, 0.25) is 0 Å². The van der Waals surface area contributed by atoms with Crippen LogP contribution >= 0.6 is 0 Å². The molecule has 1 nitrogen and oxygen atoms in total. The van der Waals surface area contributed by atoms with Crippen LogP contribution in [0.15, 0.2) is 0 Å². The Bertz CT molecular complexity index is 118. The van der Waals surface area contributed by atoms with E-state index in [9.17, 15) is 0 Å². The number of nitrogens with one attached hydrogen (secondary N) is 1. The molecule has 0 aromatic carbocycles. The fraction of sp³-hybridized carbons (Fsp3) is 1.00. The molecule has 1 heteroatoms. The molecule has 1 saturated carbocycles. The minimum atomic E-state index is 0.815. The van der Waals surface area contributed by atoms with Gasteiger partial charge in [-0.15, -0.1) is 0 Å². The van der Waals surface area contributed by atoms with Crippen LogP contribution in [-0.4, -0.2) is 12.1 Å². The Morgan fingerprint density at radius 3 is 2.38 bits per heavy atom. The van der Waals surface area contributed by atoms with Crippen LogP contribution in [-0.2, 0) is 0 Å². The highest BCUT2D eigenvalue weighted by Gasteiger charge is 2.19. The third kappa shape index (κ3) is 4.12. The molecule has 0 heterocycles. The Morgan fingerprint density at radius 2 is 1.92 bits per heavy atom. The molecule has 0 amide bonds. The molecule has 1 unspecified atom stereocenters. The van der Waals surface area contributed by atoms with Crippen LogP contribution in [0.4, 0.5) is 0 Å². The van der Waals surface area contributed by atoms with Gasteiger partial charge in [-0.1, -0.05) is 39.5 Å². The van der Waals surface area contributed by atoms with Gasteiger partial charge in [0.25, 0.3) is 0 Å². The summed E-state index contributed by atoms with van der Waals surface area (Å²) in [6.45, 7) is 4.58. The summed E-state index contributed by atoms with van der Waals surface area (Å²) in [6.07, 6.45) is 11.1. The Kier molecular flexibility index (Phi) is 5.45. The number of unbranched alkanes of at least 4 members (excludes halogenated alkanes) is 1. The van der Waals surface area contributed by atoms with Gasteiger partial charge in [-0.25, -0.2) is 0 Å². The van der Waals surface area contributed by atoms with Crippen LogP contribution in [0.2, 0.25) is 0 Å². The van der Waals surface area contributed by atoms with Crippen molar-refractivity contribution in [1.82, 2.24) is 5.32 Å². The highest BCUT2D eigenvalue weighted by atomic mass is 15.0. The maximum Gasteiger partial charge on any atom is 0.00696 e. The topological polar surface area (TPSA) is 12.0 Å². The van der Waals surface area contributed by atoms with Crippen molar-refractivity contribution in [3.8, 4) is 0 Å². The molecule has 78 valence electrons. The monoisotopic (exact) mass is 183 g/mol. The fourth-order valence-electron chi connectivity index (χ4n) is 2.02. The van der Waals surface area contributed by atoms with Crippen molar-refractivity contribution >= 4 is 0 Å². The number of rotatable bonds is 7. The maximum absolute atomic E-state index is 3.79. The first kappa shape index (κ1) is 11.0. The van der Waals surface area contributed by atoms with Crippen LogP contribution < -0.4 is 5.32 Å². The van der Waals surface area contributed by atoms with Gasteiger partial charge in [0.05, 0.1) is 0 Å². The van der Waals surface area contributed by atoms with Crippen molar-refractivity contribution in [1.29, 1.82) is 0 Å². The van der Waals surface area contributed by atoms with Gasteiger partial charge in [0, 0.05) is 12.1 Å². The zero-order valence-electron chi connectivity index (χ0n) is 9.31. The molecular weight excluding hydrogens is 158 g/mol. The van der Waals surface area contributed by atoms with Gasteiger partial charge in [-0.05, 0) is 25.7 Å². The molecule has 1 atom stereocenters. The van der Waals surface area contributed by atoms with Crippen molar-refractivity contribution in [3.63, 3.8) is 0 Å². The second kappa shape index (κ2) is 6.42. The first-order valence-electron chi connectivity index (χ1n) is 6.12. The Hall–Kier alpha value is -0.0400. The molecule has 0 spiro atoms. The smallest absolute Gasteiger partial charge is 0.00696 e. The van der Waals surface area contributed by atoms with Crippen molar-refractivity contribution < 1.29 is 0 Å².